The zero-order valence-corrected chi connectivity index (χ0v) is 10.7. The molecule has 90 valence electrons. The molecule has 0 aliphatic rings. The summed E-state index contributed by atoms with van der Waals surface area (Å²) in [4.78, 5) is 0.644. The summed E-state index contributed by atoms with van der Waals surface area (Å²) in [5.41, 5.74) is 5.97. The quantitative estimate of drug-likeness (QED) is 0.755. The van der Waals surface area contributed by atoms with E-state index in [1.807, 2.05) is 0 Å². The molecular weight excluding hydrogens is 224 g/mol. The Balaban J connectivity index is 2.40. The van der Waals surface area contributed by atoms with Gasteiger partial charge in [-0.3, -0.25) is 0 Å². The Hall–Kier alpha value is -1.01. The molecule has 0 bridgehead atoms. The lowest BCUT2D eigenvalue weighted by Gasteiger charge is -2.19. The van der Waals surface area contributed by atoms with Gasteiger partial charge in [0.15, 0.2) is 0 Å². The summed E-state index contributed by atoms with van der Waals surface area (Å²) in [6.45, 7) is 6.35. The van der Waals surface area contributed by atoms with Gasteiger partial charge in [0.25, 0.3) is 0 Å². The number of hydrogen-bond acceptors (Lipinski definition) is 5. The Morgan fingerprint density at radius 1 is 1.56 bits per heavy atom. The molecule has 0 spiro atoms. The minimum absolute atomic E-state index is 0.121. The van der Waals surface area contributed by atoms with Crippen LogP contribution in [-0.2, 0) is 6.54 Å². The molecular formula is C10H18N4OS. The second-order valence-electron chi connectivity index (χ2n) is 3.84. The summed E-state index contributed by atoms with van der Waals surface area (Å²) >= 11 is 5.20. The van der Waals surface area contributed by atoms with Gasteiger partial charge in [-0.25, -0.2) is 0 Å². The van der Waals surface area contributed by atoms with E-state index in [2.05, 4.69) is 29.4 Å². The van der Waals surface area contributed by atoms with Crippen molar-refractivity contribution in [3.63, 3.8) is 0 Å². The Bertz CT molecular complexity index is 352. The fourth-order valence-corrected chi connectivity index (χ4v) is 1.51. The molecule has 1 unspecified atom stereocenters. The monoisotopic (exact) mass is 242 g/mol. The van der Waals surface area contributed by atoms with E-state index in [0.29, 0.717) is 29.2 Å². The van der Waals surface area contributed by atoms with Gasteiger partial charge >= 0.3 is 0 Å². The van der Waals surface area contributed by atoms with Gasteiger partial charge in [-0.1, -0.05) is 32.5 Å². The van der Waals surface area contributed by atoms with Crippen LogP contribution in [0.4, 0.5) is 0 Å². The topological polar surface area (TPSA) is 77.0 Å². The highest BCUT2D eigenvalue weighted by Crippen LogP contribution is 2.06. The van der Waals surface area contributed by atoms with Gasteiger partial charge in [0, 0.05) is 6.92 Å². The number of nitrogens with zero attached hydrogens (tertiary/aromatic N) is 2. The molecule has 6 heteroatoms. The Kier molecular flexibility index (Phi) is 4.82. The zero-order valence-electron chi connectivity index (χ0n) is 9.86. The van der Waals surface area contributed by atoms with Gasteiger partial charge in [-0.05, 0) is 5.92 Å². The highest BCUT2D eigenvalue weighted by molar-refractivity contribution is 7.80. The number of nitrogens with one attached hydrogen (secondary N) is 1. The van der Waals surface area contributed by atoms with Crippen LogP contribution in [-0.4, -0.2) is 21.2 Å². The first-order valence-electron chi connectivity index (χ1n) is 5.36. The maximum Gasteiger partial charge on any atom is 0.235 e. The second kappa shape index (κ2) is 5.91. The van der Waals surface area contributed by atoms with Crippen LogP contribution >= 0.6 is 12.2 Å². The molecule has 2 atom stereocenters. The van der Waals surface area contributed by atoms with Crippen molar-refractivity contribution in [3.8, 4) is 0 Å². The molecule has 0 fully saturated rings. The number of nitrogens with two attached hydrogens (primary N) is 1. The summed E-state index contributed by atoms with van der Waals surface area (Å²) in [6.07, 6.45) is 1.00. The van der Waals surface area contributed by atoms with Crippen molar-refractivity contribution in [2.24, 2.45) is 11.7 Å². The van der Waals surface area contributed by atoms with Crippen molar-refractivity contribution in [1.29, 1.82) is 0 Å². The van der Waals surface area contributed by atoms with Crippen molar-refractivity contribution < 1.29 is 4.42 Å². The molecule has 1 aromatic rings. The van der Waals surface area contributed by atoms with Crippen LogP contribution in [0.25, 0.3) is 0 Å². The summed E-state index contributed by atoms with van der Waals surface area (Å²) in [7, 11) is 0. The maximum absolute atomic E-state index is 5.97. The molecule has 16 heavy (non-hydrogen) atoms. The van der Waals surface area contributed by atoms with Crippen LogP contribution in [0.5, 0.6) is 0 Å². The van der Waals surface area contributed by atoms with E-state index < -0.39 is 0 Å². The largest absolute Gasteiger partial charge is 0.424 e. The predicted molar refractivity (Wildman–Crippen MR) is 65.9 cm³/mol. The zero-order chi connectivity index (χ0) is 12.1. The van der Waals surface area contributed by atoms with Gasteiger partial charge in [-0.2, -0.15) is 0 Å². The molecule has 0 radical (unpaired) electrons. The molecule has 0 aliphatic carbocycles. The molecule has 0 saturated carbocycles. The molecule has 5 nitrogen and oxygen atoms in total. The molecule has 1 aromatic heterocycles. The predicted octanol–water partition coefficient (Wildman–Crippen LogP) is 1.17. The first-order chi connectivity index (χ1) is 7.54. The summed E-state index contributed by atoms with van der Waals surface area (Å²) in [6, 6.07) is -0.121. The van der Waals surface area contributed by atoms with Crippen molar-refractivity contribution in [2.45, 2.75) is 39.8 Å². The van der Waals surface area contributed by atoms with Crippen molar-refractivity contribution in [3.05, 3.63) is 11.8 Å². The van der Waals surface area contributed by atoms with Crippen LogP contribution in [0.3, 0.4) is 0 Å². The SMILES string of the molecule is CCC(C)[C@H](N)C(=S)NCc1nnc(C)o1. The molecule has 0 aromatic carbocycles. The van der Waals surface area contributed by atoms with E-state index in [4.69, 9.17) is 22.4 Å². The van der Waals surface area contributed by atoms with Gasteiger partial charge in [0.1, 0.15) is 0 Å². The molecule has 1 heterocycles. The van der Waals surface area contributed by atoms with Gasteiger partial charge < -0.3 is 15.5 Å². The third-order valence-electron chi connectivity index (χ3n) is 2.54. The number of aromatic nitrogens is 2. The Morgan fingerprint density at radius 2 is 2.25 bits per heavy atom. The lowest BCUT2D eigenvalue weighted by atomic mass is 10.0. The van der Waals surface area contributed by atoms with E-state index >= 15 is 0 Å². The van der Waals surface area contributed by atoms with E-state index in [1.54, 1.807) is 6.92 Å². The maximum atomic E-state index is 5.97. The molecule has 0 amide bonds. The first-order valence-corrected chi connectivity index (χ1v) is 5.77. The standard InChI is InChI=1S/C10H18N4OS/c1-4-6(2)9(11)10(16)12-5-8-14-13-7(3)15-8/h6,9H,4-5,11H2,1-3H3,(H,12,16)/t6?,9-/m0/s1. The van der Waals surface area contributed by atoms with Crippen molar-refractivity contribution in [2.75, 3.05) is 0 Å². The van der Waals surface area contributed by atoms with E-state index in [-0.39, 0.29) is 6.04 Å². The van der Waals surface area contributed by atoms with Crippen LogP contribution in [0, 0.1) is 12.8 Å². The summed E-state index contributed by atoms with van der Waals surface area (Å²) < 4.78 is 5.22. The van der Waals surface area contributed by atoms with Crippen LogP contribution in [0.2, 0.25) is 0 Å². The van der Waals surface area contributed by atoms with E-state index in [1.165, 1.54) is 0 Å². The smallest absolute Gasteiger partial charge is 0.235 e. The number of hydrogen-bond donors (Lipinski definition) is 2. The van der Waals surface area contributed by atoms with Crippen LogP contribution in [0.15, 0.2) is 4.42 Å². The average Bonchev–Trinajstić information content (AvgIpc) is 2.69. The summed E-state index contributed by atoms with van der Waals surface area (Å²) in [5.74, 6) is 1.44. The third-order valence-corrected chi connectivity index (χ3v) is 2.96. The summed E-state index contributed by atoms with van der Waals surface area (Å²) in [5, 5.41) is 10.6. The lowest BCUT2D eigenvalue weighted by Crippen LogP contribution is -2.43. The van der Waals surface area contributed by atoms with Crippen molar-refractivity contribution in [1.82, 2.24) is 15.5 Å². The van der Waals surface area contributed by atoms with Gasteiger partial charge in [-0.15, -0.1) is 10.2 Å². The molecule has 3 N–H and O–H groups in total. The lowest BCUT2D eigenvalue weighted by molar-refractivity contribution is 0.458. The number of rotatable bonds is 5. The van der Waals surface area contributed by atoms with Crippen molar-refractivity contribution >= 4 is 17.2 Å². The fourth-order valence-electron chi connectivity index (χ4n) is 1.20. The second-order valence-corrected chi connectivity index (χ2v) is 4.28. The van der Waals surface area contributed by atoms with Crippen LogP contribution in [0.1, 0.15) is 32.0 Å². The number of thiocarbonyl (C=S) groups is 1. The van der Waals surface area contributed by atoms with Gasteiger partial charge in [0.05, 0.1) is 17.6 Å². The minimum Gasteiger partial charge on any atom is -0.424 e. The number of aryl methyl sites for hydroxylation is 1. The van der Waals surface area contributed by atoms with Gasteiger partial charge in [0.2, 0.25) is 11.8 Å². The Labute approximate surface area is 101 Å². The molecule has 0 aliphatic heterocycles. The van der Waals surface area contributed by atoms with E-state index in [9.17, 15) is 0 Å². The third kappa shape index (κ3) is 3.53. The highest BCUT2D eigenvalue weighted by Gasteiger charge is 2.16. The van der Waals surface area contributed by atoms with E-state index in [0.717, 1.165) is 6.42 Å². The molecule has 1 rings (SSSR count). The average molecular weight is 242 g/mol. The normalized spacial score (nSPS) is 14.5. The fraction of sp³-hybridized carbons (Fsp3) is 0.700. The highest BCUT2D eigenvalue weighted by atomic mass is 32.1. The molecule has 0 saturated heterocycles. The first kappa shape index (κ1) is 13.1. The Morgan fingerprint density at radius 3 is 2.75 bits per heavy atom. The van der Waals surface area contributed by atoms with Crippen LogP contribution < -0.4 is 11.1 Å². The minimum atomic E-state index is -0.121.